The van der Waals surface area contributed by atoms with Crippen LogP contribution in [0.2, 0.25) is 20.2 Å². The Morgan fingerprint density at radius 1 is 0.596 bits per heavy atom. The lowest BCUT2D eigenvalue weighted by molar-refractivity contribution is -0.117. The van der Waals surface area contributed by atoms with E-state index in [0.717, 1.165) is 23.8 Å². The number of hydrogen-bond donors (Lipinski definition) is 0. The number of benzene rings is 3. The maximum atomic E-state index is 13.8. The van der Waals surface area contributed by atoms with Crippen molar-refractivity contribution in [1.82, 2.24) is 15.0 Å². The Morgan fingerprint density at radius 2 is 1.08 bits per heavy atom. The zero-order valence-electron chi connectivity index (χ0n) is 28.1. The van der Waals surface area contributed by atoms with Gasteiger partial charge in [-0.25, -0.2) is 28.1 Å². The Balaban J connectivity index is 0.000000136. The van der Waals surface area contributed by atoms with Gasteiger partial charge < -0.3 is 0 Å². The van der Waals surface area contributed by atoms with E-state index in [4.69, 9.17) is 46.4 Å². The van der Waals surface area contributed by atoms with E-state index in [9.17, 15) is 22.8 Å². The Hall–Kier alpha value is -4.22. The van der Waals surface area contributed by atoms with E-state index in [2.05, 4.69) is 15.0 Å². The van der Waals surface area contributed by atoms with Gasteiger partial charge in [0.2, 0.25) is 11.8 Å². The fourth-order valence-corrected chi connectivity index (χ4v) is 7.12. The average molecular weight is 787 g/mol. The smallest absolute Gasteiger partial charge is 0.228 e. The predicted molar refractivity (Wildman–Crippen MR) is 203 cm³/mol. The van der Waals surface area contributed by atoms with Gasteiger partial charge >= 0.3 is 0 Å². The monoisotopic (exact) mass is 785 g/mol. The highest BCUT2D eigenvalue weighted by Crippen LogP contribution is 2.36. The van der Waals surface area contributed by atoms with E-state index in [0.29, 0.717) is 96.2 Å². The highest BCUT2D eigenvalue weighted by atomic mass is 35.5. The molecule has 14 heteroatoms. The first-order chi connectivity index (χ1) is 24.8. The second kappa shape index (κ2) is 15.4. The maximum absolute atomic E-state index is 13.8. The number of amides is 2. The summed E-state index contributed by atoms with van der Waals surface area (Å²) in [6.07, 6.45) is 2.69. The number of carbonyl (C=O) groups excluding carboxylic acids is 2. The standard InChI is InChI=1S/2C14H12ClFN2O.C10H6Cl2FN/c1-8-13(15)12-9(16)4-2-5-10(12)17-14(8)18-7-3-6-11(18)19;1-8-13(15)10-5-4-9(16)7-11(10)17-14(8)18-6-2-3-12(18)19;1-5-9(11)7-3-2-6(13)4-8(7)14-10(5)12/h2,4-5H,3,6-7H2,1H3;4-5,7H,2-3,6H2,1H3;2-4H,1H3. The van der Waals surface area contributed by atoms with Crippen molar-refractivity contribution in [2.45, 2.75) is 46.5 Å². The number of pyridine rings is 3. The molecule has 2 fully saturated rings. The van der Waals surface area contributed by atoms with Gasteiger partial charge in [-0.15, -0.1) is 0 Å². The van der Waals surface area contributed by atoms with Crippen LogP contribution in [0.25, 0.3) is 32.7 Å². The van der Waals surface area contributed by atoms with Gasteiger partial charge in [-0.05, 0) is 70.0 Å². The summed E-state index contributed by atoms with van der Waals surface area (Å²) in [5, 5.41) is 3.44. The summed E-state index contributed by atoms with van der Waals surface area (Å²) in [6.45, 7) is 6.66. The minimum atomic E-state index is -0.391. The van der Waals surface area contributed by atoms with Crippen LogP contribution in [0.15, 0.2) is 54.6 Å². The molecule has 2 saturated heterocycles. The van der Waals surface area contributed by atoms with E-state index in [1.165, 1.54) is 30.3 Å². The molecule has 0 spiro atoms. The van der Waals surface area contributed by atoms with Crippen LogP contribution in [0.5, 0.6) is 0 Å². The van der Waals surface area contributed by atoms with Crippen LogP contribution < -0.4 is 9.80 Å². The SMILES string of the molecule is Cc1c(Cl)nc2cc(F)ccc2c1Cl.Cc1c(N2CCCC2=O)nc2cc(F)ccc2c1Cl.Cc1c(N2CCCC2=O)nc2cccc(F)c2c1Cl. The number of anilines is 2. The molecule has 2 aliphatic rings. The van der Waals surface area contributed by atoms with Crippen molar-refractivity contribution >= 4 is 103 Å². The molecule has 6 aromatic rings. The van der Waals surface area contributed by atoms with E-state index in [1.54, 1.807) is 47.9 Å². The lowest BCUT2D eigenvalue weighted by Gasteiger charge is -2.19. The summed E-state index contributed by atoms with van der Waals surface area (Å²) in [5.41, 5.74) is 3.55. The zero-order valence-corrected chi connectivity index (χ0v) is 31.2. The first-order valence-electron chi connectivity index (χ1n) is 16.3. The molecule has 0 bridgehead atoms. The van der Waals surface area contributed by atoms with Crippen LogP contribution in [0.1, 0.15) is 42.4 Å². The van der Waals surface area contributed by atoms with Crippen molar-refractivity contribution in [2.24, 2.45) is 0 Å². The number of fused-ring (bicyclic) bond motifs is 3. The molecular weight excluding hydrogens is 757 g/mol. The lowest BCUT2D eigenvalue weighted by Crippen LogP contribution is -2.25. The average Bonchev–Trinajstić information content (AvgIpc) is 3.74. The van der Waals surface area contributed by atoms with E-state index in [-0.39, 0.29) is 23.4 Å². The van der Waals surface area contributed by atoms with Gasteiger partial charge in [-0.3, -0.25) is 19.4 Å². The number of aromatic nitrogens is 3. The zero-order chi connectivity index (χ0) is 37.4. The molecule has 0 unspecified atom stereocenters. The van der Waals surface area contributed by atoms with Gasteiger partial charge in [-0.2, -0.15) is 0 Å². The summed E-state index contributed by atoms with van der Waals surface area (Å²) >= 11 is 24.4. The van der Waals surface area contributed by atoms with Gasteiger partial charge in [0.05, 0.1) is 37.0 Å². The molecule has 268 valence electrons. The van der Waals surface area contributed by atoms with Gasteiger partial charge in [0.1, 0.15) is 34.2 Å². The molecule has 7 nitrogen and oxygen atoms in total. The molecule has 2 amide bonds. The third-order valence-electron chi connectivity index (χ3n) is 8.90. The quantitative estimate of drug-likeness (QED) is 0.163. The molecule has 3 aromatic carbocycles. The van der Waals surface area contributed by atoms with Crippen molar-refractivity contribution in [3.63, 3.8) is 0 Å². The fraction of sp³-hybridized carbons (Fsp3) is 0.237. The molecule has 0 saturated carbocycles. The molecule has 0 atom stereocenters. The van der Waals surface area contributed by atoms with Crippen LogP contribution in [0, 0.1) is 38.2 Å². The summed E-state index contributed by atoms with van der Waals surface area (Å²) in [4.78, 5) is 39.7. The van der Waals surface area contributed by atoms with Crippen molar-refractivity contribution in [3.8, 4) is 0 Å². The van der Waals surface area contributed by atoms with E-state index < -0.39 is 5.82 Å². The van der Waals surface area contributed by atoms with Gasteiger partial charge in [0, 0.05) is 65.5 Å². The minimum absolute atomic E-state index is 0.0439. The molecule has 5 heterocycles. The molecule has 0 aliphatic carbocycles. The Labute approximate surface area is 317 Å². The number of nitrogens with zero attached hydrogens (tertiary/aromatic N) is 5. The number of rotatable bonds is 2. The highest BCUT2D eigenvalue weighted by Gasteiger charge is 2.27. The third kappa shape index (κ3) is 7.35. The molecule has 3 aromatic heterocycles. The van der Waals surface area contributed by atoms with Gasteiger partial charge in [0.25, 0.3) is 0 Å². The van der Waals surface area contributed by atoms with Crippen molar-refractivity contribution in [3.05, 3.63) is 109 Å². The summed E-state index contributed by atoms with van der Waals surface area (Å²) in [5.74, 6) is 0.0815. The van der Waals surface area contributed by atoms with Crippen molar-refractivity contribution in [1.29, 1.82) is 0 Å². The first-order valence-corrected chi connectivity index (χ1v) is 17.8. The van der Waals surface area contributed by atoms with Crippen LogP contribution in [-0.4, -0.2) is 39.9 Å². The van der Waals surface area contributed by atoms with Crippen LogP contribution in [-0.2, 0) is 9.59 Å². The normalized spacial score (nSPS) is 14.3. The second-order valence-electron chi connectivity index (χ2n) is 12.3. The molecule has 0 N–H and O–H groups in total. The maximum Gasteiger partial charge on any atom is 0.228 e. The predicted octanol–water partition coefficient (Wildman–Crippen LogP) is 10.9. The largest absolute Gasteiger partial charge is 0.297 e. The number of halogens is 7. The van der Waals surface area contributed by atoms with Crippen LogP contribution >= 0.6 is 46.4 Å². The topological polar surface area (TPSA) is 79.3 Å². The van der Waals surface area contributed by atoms with Crippen molar-refractivity contribution < 1.29 is 22.8 Å². The van der Waals surface area contributed by atoms with E-state index in [1.807, 2.05) is 6.92 Å². The summed E-state index contributed by atoms with van der Waals surface area (Å²) in [6, 6.07) is 13.2. The molecule has 0 radical (unpaired) electrons. The summed E-state index contributed by atoms with van der Waals surface area (Å²) < 4.78 is 40.0. The lowest BCUT2D eigenvalue weighted by atomic mass is 10.1. The first kappa shape index (κ1) is 37.5. The van der Waals surface area contributed by atoms with Crippen LogP contribution in [0.3, 0.4) is 0 Å². The number of hydrogen-bond acceptors (Lipinski definition) is 5. The van der Waals surface area contributed by atoms with Crippen molar-refractivity contribution in [2.75, 3.05) is 22.9 Å². The Morgan fingerprint density at radius 3 is 1.60 bits per heavy atom. The Bertz CT molecular complexity index is 2380. The number of carbonyl (C=O) groups is 2. The minimum Gasteiger partial charge on any atom is -0.297 e. The third-order valence-corrected chi connectivity index (χ3v) is 10.7. The van der Waals surface area contributed by atoms with E-state index >= 15 is 0 Å². The molecule has 52 heavy (non-hydrogen) atoms. The molecule has 2 aliphatic heterocycles. The highest BCUT2D eigenvalue weighted by molar-refractivity contribution is 6.39. The molecule has 8 rings (SSSR count). The molecular formula is C38H30Cl4F3N5O2. The Kier molecular flexibility index (Phi) is 11.1. The fourth-order valence-electron chi connectivity index (χ4n) is 6.12. The van der Waals surface area contributed by atoms with Gasteiger partial charge in [-0.1, -0.05) is 52.5 Å². The summed E-state index contributed by atoms with van der Waals surface area (Å²) in [7, 11) is 0. The van der Waals surface area contributed by atoms with Gasteiger partial charge in [0.15, 0.2) is 0 Å². The van der Waals surface area contributed by atoms with Crippen LogP contribution in [0.4, 0.5) is 24.8 Å². The second-order valence-corrected chi connectivity index (χ2v) is 13.8.